The molecule has 0 aliphatic carbocycles. The molecule has 5 rings (SSSR count). The van der Waals surface area contributed by atoms with E-state index in [4.69, 9.17) is 5.73 Å². The van der Waals surface area contributed by atoms with Gasteiger partial charge in [-0.05, 0) is 72.1 Å². The molecule has 4 aromatic rings. The lowest BCUT2D eigenvalue weighted by molar-refractivity contribution is 0.0924. The van der Waals surface area contributed by atoms with E-state index in [2.05, 4.69) is 5.32 Å². The minimum absolute atomic E-state index is 0.167. The minimum atomic E-state index is -0.660. The standard InChI is InChI=1S/C29H21N3O4/c30-26(33)21-10-15-24-25(17-21)29(36)32(28(24)35)23-13-8-19(9-14-23)16-18-6-11-22(12-7-18)31-27(34)20-4-2-1-3-5-20/h1-15,17H,16H2,(H2,30,33)(H,31,34). The number of imide groups is 1. The number of hydrogen-bond acceptors (Lipinski definition) is 4. The second-order valence-electron chi connectivity index (χ2n) is 8.43. The largest absolute Gasteiger partial charge is 0.366 e. The molecule has 0 atom stereocenters. The quantitative estimate of drug-likeness (QED) is 0.402. The van der Waals surface area contributed by atoms with Crippen LogP contribution in [0.1, 0.15) is 52.6 Å². The smallest absolute Gasteiger partial charge is 0.266 e. The summed E-state index contributed by atoms with van der Waals surface area (Å²) in [5.74, 6) is -1.75. The van der Waals surface area contributed by atoms with Gasteiger partial charge in [-0.25, -0.2) is 4.90 Å². The molecule has 1 aliphatic rings. The fraction of sp³-hybridized carbons (Fsp3) is 0.0345. The first-order chi connectivity index (χ1) is 17.4. The highest BCUT2D eigenvalue weighted by molar-refractivity contribution is 6.34. The van der Waals surface area contributed by atoms with Crippen molar-refractivity contribution in [2.24, 2.45) is 5.73 Å². The van der Waals surface area contributed by atoms with Gasteiger partial charge in [-0.3, -0.25) is 19.2 Å². The number of carbonyl (C=O) groups excluding carboxylic acids is 4. The molecule has 1 aliphatic heterocycles. The van der Waals surface area contributed by atoms with Crippen molar-refractivity contribution < 1.29 is 19.2 Å². The van der Waals surface area contributed by atoms with E-state index in [1.165, 1.54) is 18.2 Å². The number of amides is 4. The summed E-state index contributed by atoms with van der Waals surface area (Å²) in [6.07, 6.45) is 0.636. The highest BCUT2D eigenvalue weighted by Gasteiger charge is 2.37. The van der Waals surface area contributed by atoms with E-state index in [0.29, 0.717) is 23.4 Å². The highest BCUT2D eigenvalue weighted by Crippen LogP contribution is 2.29. The van der Waals surface area contributed by atoms with Crippen LogP contribution in [0.5, 0.6) is 0 Å². The number of nitrogens with two attached hydrogens (primary N) is 1. The summed E-state index contributed by atoms with van der Waals surface area (Å²) in [7, 11) is 0. The SMILES string of the molecule is NC(=O)c1ccc2c(c1)C(=O)N(c1ccc(Cc3ccc(NC(=O)c4ccccc4)cc3)cc1)C2=O. The Hall–Kier alpha value is -5.04. The molecule has 3 N–H and O–H groups in total. The van der Waals surface area contributed by atoms with Crippen molar-refractivity contribution in [3.8, 4) is 0 Å². The van der Waals surface area contributed by atoms with Gasteiger partial charge in [0.05, 0.1) is 16.8 Å². The van der Waals surface area contributed by atoms with Crippen LogP contribution < -0.4 is 16.0 Å². The summed E-state index contributed by atoms with van der Waals surface area (Å²) < 4.78 is 0. The van der Waals surface area contributed by atoms with Crippen molar-refractivity contribution in [2.45, 2.75) is 6.42 Å². The molecule has 0 fully saturated rings. The van der Waals surface area contributed by atoms with E-state index in [9.17, 15) is 19.2 Å². The van der Waals surface area contributed by atoms with Crippen molar-refractivity contribution in [1.82, 2.24) is 0 Å². The van der Waals surface area contributed by atoms with E-state index in [1.54, 1.807) is 24.3 Å². The van der Waals surface area contributed by atoms with E-state index in [-0.39, 0.29) is 22.6 Å². The molecule has 0 aromatic heterocycles. The fourth-order valence-corrected chi connectivity index (χ4v) is 4.13. The topological polar surface area (TPSA) is 110 Å². The van der Waals surface area contributed by atoms with Crippen LogP contribution in [0.4, 0.5) is 11.4 Å². The summed E-state index contributed by atoms with van der Waals surface area (Å²) in [6.45, 7) is 0. The van der Waals surface area contributed by atoms with Crippen LogP contribution in [0.2, 0.25) is 0 Å². The van der Waals surface area contributed by atoms with E-state index in [1.807, 2.05) is 54.6 Å². The number of hydrogen-bond donors (Lipinski definition) is 2. The van der Waals surface area contributed by atoms with Gasteiger partial charge >= 0.3 is 0 Å². The van der Waals surface area contributed by atoms with Crippen molar-refractivity contribution in [2.75, 3.05) is 10.2 Å². The summed E-state index contributed by atoms with van der Waals surface area (Å²) >= 11 is 0. The first-order valence-corrected chi connectivity index (χ1v) is 11.3. The Balaban J connectivity index is 1.26. The minimum Gasteiger partial charge on any atom is -0.366 e. The summed E-state index contributed by atoms with van der Waals surface area (Å²) in [4.78, 5) is 50.6. The number of anilines is 2. The molecule has 0 unspecified atom stereocenters. The molecule has 0 radical (unpaired) electrons. The second kappa shape index (κ2) is 9.31. The average Bonchev–Trinajstić information content (AvgIpc) is 3.15. The maximum Gasteiger partial charge on any atom is 0.266 e. The number of fused-ring (bicyclic) bond motifs is 1. The Kier molecular flexibility index (Phi) is 5.88. The molecular formula is C29H21N3O4. The Bertz CT molecular complexity index is 1490. The summed E-state index contributed by atoms with van der Waals surface area (Å²) in [5, 5.41) is 2.88. The molecule has 4 amide bonds. The van der Waals surface area contributed by atoms with Gasteiger partial charge in [0.25, 0.3) is 17.7 Å². The zero-order chi connectivity index (χ0) is 25.2. The first kappa shape index (κ1) is 22.7. The predicted octanol–water partition coefficient (Wildman–Crippen LogP) is 4.43. The predicted molar refractivity (Wildman–Crippen MR) is 136 cm³/mol. The number of nitrogens with zero attached hydrogens (tertiary/aromatic N) is 1. The number of carbonyl (C=O) groups is 4. The molecule has 0 spiro atoms. The van der Waals surface area contributed by atoms with Crippen LogP contribution in [0.25, 0.3) is 0 Å². The van der Waals surface area contributed by atoms with Crippen molar-refractivity contribution >= 4 is 35.0 Å². The van der Waals surface area contributed by atoms with Crippen LogP contribution in [-0.4, -0.2) is 23.6 Å². The summed E-state index contributed by atoms with van der Waals surface area (Å²) in [6, 6.07) is 28.0. The van der Waals surface area contributed by atoms with Gasteiger partial charge < -0.3 is 11.1 Å². The Morgan fingerprint density at radius 2 is 1.31 bits per heavy atom. The molecule has 1 heterocycles. The van der Waals surface area contributed by atoms with Crippen molar-refractivity contribution in [1.29, 1.82) is 0 Å². The van der Waals surface area contributed by atoms with E-state index in [0.717, 1.165) is 16.0 Å². The molecule has 7 heteroatoms. The van der Waals surface area contributed by atoms with E-state index < -0.39 is 17.7 Å². The Labute approximate surface area is 207 Å². The number of benzene rings is 4. The second-order valence-corrected chi connectivity index (χ2v) is 8.43. The lowest BCUT2D eigenvalue weighted by atomic mass is 10.0. The van der Waals surface area contributed by atoms with Gasteiger partial charge in [0.2, 0.25) is 5.91 Å². The van der Waals surface area contributed by atoms with Gasteiger partial charge in [-0.1, -0.05) is 42.5 Å². The molecule has 0 bridgehead atoms. The fourth-order valence-electron chi connectivity index (χ4n) is 4.13. The average molecular weight is 476 g/mol. The maximum absolute atomic E-state index is 12.9. The van der Waals surface area contributed by atoms with Gasteiger partial charge in [0.15, 0.2) is 0 Å². The van der Waals surface area contributed by atoms with E-state index >= 15 is 0 Å². The first-order valence-electron chi connectivity index (χ1n) is 11.3. The third kappa shape index (κ3) is 4.37. The molecule has 4 aromatic carbocycles. The zero-order valence-electron chi connectivity index (χ0n) is 19.1. The van der Waals surface area contributed by atoms with Crippen LogP contribution in [0.3, 0.4) is 0 Å². The number of rotatable bonds is 6. The lowest BCUT2D eigenvalue weighted by Gasteiger charge is -2.14. The van der Waals surface area contributed by atoms with Crippen LogP contribution >= 0.6 is 0 Å². The van der Waals surface area contributed by atoms with Gasteiger partial charge in [0, 0.05) is 16.8 Å². The molecule has 36 heavy (non-hydrogen) atoms. The molecule has 176 valence electrons. The Morgan fingerprint density at radius 3 is 1.94 bits per heavy atom. The number of primary amides is 1. The van der Waals surface area contributed by atoms with Gasteiger partial charge in [-0.15, -0.1) is 0 Å². The van der Waals surface area contributed by atoms with Gasteiger partial charge in [-0.2, -0.15) is 0 Å². The highest BCUT2D eigenvalue weighted by atomic mass is 16.2. The molecule has 0 saturated carbocycles. The summed E-state index contributed by atoms with van der Waals surface area (Å²) in [5.41, 5.74) is 9.67. The van der Waals surface area contributed by atoms with Crippen LogP contribution in [0, 0.1) is 0 Å². The third-order valence-corrected chi connectivity index (χ3v) is 6.02. The molecule has 0 saturated heterocycles. The molecule has 7 nitrogen and oxygen atoms in total. The Morgan fingerprint density at radius 1 is 0.694 bits per heavy atom. The lowest BCUT2D eigenvalue weighted by Crippen LogP contribution is -2.29. The monoisotopic (exact) mass is 475 g/mol. The normalized spacial score (nSPS) is 12.4. The van der Waals surface area contributed by atoms with Crippen LogP contribution in [0.15, 0.2) is 97.1 Å². The van der Waals surface area contributed by atoms with Gasteiger partial charge in [0.1, 0.15) is 0 Å². The zero-order valence-corrected chi connectivity index (χ0v) is 19.1. The number of nitrogens with one attached hydrogen (secondary N) is 1. The van der Waals surface area contributed by atoms with Crippen LogP contribution in [-0.2, 0) is 6.42 Å². The maximum atomic E-state index is 12.9. The van der Waals surface area contributed by atoms with Crippen molar-refractivity contribution in [3.63, 3.8) is 0 Å². The molecular weight excluding hydrogens is 454 g/mol. The third-order valence-electron chi connectivity index (χ3n) is 6.02. The van der Waals surface area contributed by atoms with Crippen molar-refractivity contribution in [3.05, 3.63) is 130 Å².